The number of aliphatic hydroxyl groups is 1. The lowest BCUT2D eigenvalue weighted by Crippen LogP contribution is -2.33. The molecular weight excluding hydrogens is 240 g/mol. The maximum atomic E-state index is 11.1. The van der Waals surface area contributed by atoms with E-state index in [1.165, 1.54) is 6.42 Å². The maximum absolute atomic E-state index is 11.1. The Morgan fingerprint density at radius 2 is 2.16 bits per heavy atom. The van der Waals surface area contributed by atoms with Gasteiger partial charge in [0.2, 0.25) is 5.91 Å². The van der Waals surface area contributed by atoms with Gasteiger partial charge in [0.05, 0.1) is 6.10 Å². The van der Waals surface area contributed by atoms with E-state index in [4.69, 9.17) is 5.73 Å². The number of rotatable bonds is 5. The van der Waals surface area contributed by atoms with Gasteiger partial charge < -0.3 is 16.2 Å². The van der Waals surface area contributed by atoms with Crippen molar-refractivity contribution in [2.45, 2.75) is 38.3 Å². The third kappa shape index (κ3) is 4.04. The third-order valence-electron chi connectivity index (χ3n) is 3.82. The number of nitrogens with two attached hydrogens (primary N) is 1. The van der Waals surface area contributed by atoms with Crippen LogP contribution in [0.1, 0.15) is 41.6 Å². The first-order valence-corrected chi connectivity index (χ1v) is 6.94. The molecule has 1 aliphatic rings. The van der Waals surface area contributed by atoms with Gasteiger partial charge in [-0.3, -0.25) is 4.79 Å². The number of benzene rings is 1. The summed E-state index contributed by atoms with van der Waals surface area (Å²) >= 11 is 0. The molecule has 0 bridgehead atoms. The minimum Gasteiger partial charge on any atom is -0.393 e. The zero-order valence-corrected chi connectivity index (χ0v) is 11.1. The smallest absolute Gasteiger partial charge is 0.248 e. The van der Waals surface area contributed by atoms with Crippen molar-refractivity contribution in [3.05, 3.63) is 35.4 Å². The molecule has 0 saturated heterocycles. The Morgan fingerprint density at radius 3 is 2.89 bits per heavy atom. The fourth-order valence-corrected chi connectivity index (χ4v) is 2.66. The minimum atomic E-state index is -0.399. The third-order valence-corrected chi connectivity index (χ3v) is 3.82. The second-order valence-electron chi connectivity index (χ2n) is 5.31. The highest BCUT2D eigenvalue weighted by molar-refractivity contribution is 5.92. The van der Waals surface area contributed by atoms with E-state index in [9.17, 15) is 9.90 Å². The molecule has 19 heavy (non-hydrogen) atoms. The summed E-state index contributed by atoms with van der Waals surface area (Å²) in [5, 5.41) is 13.2. The number of hydrogen-bond acceptors (Lipinski definition) is 3. The molecule has 1 fully saturated rings. The van der Waals surface area contributed by atoms with Crippen molar-refractivity contribution in [1.29, 1.82) is 0 Å². The minimum absolute atomic E-state index is 0.168. The fourth-order valence-electron chi connectivity index (χ4n) is 2.66. The summed E-state index contributed by atoms with van der Waals surface area (Å²) in [5.74, 6) is -0.0439. The zero-order chi connectivity index (χ0) is 13.7. The number of hydrogen-bond donors (Lipinski definition) is 3. The zero-order valence-electron chi connectivity index (χ0n) is 11.1. The summed E-state index contributed by atoms with van der Waals surface area (Å²) in [7, 11) is 0. The summed E-state index contributed by atoms with van der Waals surface area (Å²) in [4.78, 5) is 11.1. The van der Waals surface area contributed by atoms with Gasteiger partial charge in [-0.05, 0) is 36.5 Å². The molecule has 104 valence electrons. The van der Waals surface area contributed by atoms with Crippen LogP contribution in [0.25, 0.3) is 0 Å². The Morgan fingerprint density at radius 1 is 1.37 bits per heavy atom. The van der Waals surface area contributed by atoms with Crippen LogP contribution in [0, 0.1) is 5.92 Å². The molecule has 1 aromatic carbocycles. The van der Waals surface area contributed by atoms with Crippen LogP contribution < -0.4 is 11.1 Å². The molecule has 0 radical (unpaired) electrons. The Bertz CT molecular complexity index is 434. The highest BCUT2D eigenvalue weighted by Gasteiger charge is 2.22. The van der Waals surface area contributed by atoms with Crippen LogP contribution in [0.2, 0.25) is 0 Å². The topological polar surface area (TPSA) is 75.4 Å². The molecule has 1 saturated carbocycles. The van der Waals surface area contributed by atoms with Crippen LogP contribution in [0.3, 0.4) is 0 Å². The van der Waals surface area contributed by atoms with Gasteiger partial charge in [0.15, 0.2) is 0 Å². The largest absolute Gasteiger partial charge is 0.393 e. The Labute approximate surface area is 114 Å². The van der Waals surface area contributed by atoms with Crippen molar-refractivity contribution in [1.82, 2.24) is 5.32 Å². The van der Waals surface area contributed by atoms with E-state index >= 15 is 0 Å². The summed E-state index contributed by atoms with van der Waals surface area (Å²) in [6, 6.07) is 7.34. The lowest BCUT2D eigenvalue weighted by atomic mass is 9.86. The first-order chi connectivity index (χ1) is 9.16. The standard InChI is InChI=1S/C15H22N2O2/c16-15(19)12-6-3-4-11(8-12)9-17-10-13-5-1-2-7-14(13)18/h3-4,6,8,13-14,17-18H,1-2,5,7,9-10H2,(H2,16,19). The number of primary amides is 1. The molecule has 1 amide bonds. The van der Waals surface area contributed by atoms with Gasteiger partial charge in [-0.1, -0.05) is 25.0 Å². The van der Waals surface area contributed by atoms with Gasteiger partial charge in [-0.15, -0.1) is 0 Å². The van der Waals surface area contributed by atoms with Crippen LogP contribution in [0.5, 0.6) is 0 Å². The predicted octanol–water partition coefficient (Wildman–Crippen LogP) is 1.43. The fraction of sp³-hybridized carbons (Fsp3) is 0.533. The van der Waals surface area contributed by atoms with Crippen LogP contribution in [0.4, 0.5) is 0 Å². The number of carbonyl (C=O) groups is 1. The molecule has 2 atom stereocenters. The molecule has 0 aliphatic heterocycles. The van der Waals surface area contributed by atoms with Crippen molar-refractivity contribution >= 4 is 5.91 Å². The van der Waals surface area contributed by atoms with Crippen molar-refractivity contribution in [2.75, 3.05) is 6.54 Å². The molecule has 1 aliphatic carbocycles. The normalized spacial score (nSPS) is 23.2. The van der Waals surface area contributed by atoms with Gasteiger partial charge in [-0.2, -0.15) is 0 Å². The Balaban J connectivity index is 1.82. The summed E-state index contributed by atoms with van der Waals surface area (Å²) in [5.41, 5.74) is 6.84. The summed E-state index contributed by atoms with van der Waals surface area (Å²) in [6.45, 7) is 1.52. The molecule has 2 unspecified atom stereocenters. The van der Waals surface area contributed by atoms with E-state index in [-0.39, 0.29) is 6.10 Å². The highest BCUT2D eigenvalue weighted by Crippen LogP contribution is 2.23. The maximum Gasteiger partial charge on any atom is 0.248 e. The molecule has 4 N–H and O–H groups in total. The quantitative estimate of drug-likeness (QED) is 0.751. The van der Waals surface area contributed by atoms with Crippen molar-refractivity contribution in [3.8, 4) is 0 Å². The second kappa shape index (κ2) is 6.68. The Kier molecular flexibility index (Phi) is 4.93. The molecule has 0 heterocycles. The number of nitrogens with one attached hydrogen (secondary N) is 1. The van der Waals surface area contributed by atoms with Gasteiger partial charge in [0, 0.05) is 18.7 Å². The summed E-state index contributed by atoms with van der Waals surface area (Å²) < 4.78 is 0. The molecule has 4 heteroatoms. The predicted molar refractivity (Wildman–Crippen MR) is 74.6 cm³/mol. The molecule has 4 nitrogen and oxygen atoms in total. The van der Waals surface area contributed by atoms with E-state index in [0.29, 0.717) is 18.0 Å². The molecule has 0 aromatic heterocycles. The van der Waals surface area contributed by atoms with Gasteiger partial charge in [-0.25, -0.2) is 0 Å². The lowest BCUT2D eigenvalue weighted by Gasteiger charge is -2.27. The summed E-state index contributed by atoms with van der Waals surface area (Å²) in [6.07, 6.45) is 4.19. The number of amides is 1. The average Bonchev–Trinajstić information content (AvgIpc) is 2.41. The van der Waals surface area contributed by atoms with Gasteiger partial charge in [0.25, 0.3) is 0 Å². The van der Waals surface area contributed by atoms with E-state index in [1.807, 2.05) is 18.2 Å². The van der Waals surface area contributed by atoms with E-state index in [1.54, 1.807) is 6.07 Å². The van der Waals surface area contributed by atoms with Crippen LogP contribution in [-0.2, 0) is 6.54 Å². The van der Waals surface area contributed by atoms with Gasteiger partial charge in [0.1, 0.15) is 0 Å². The van der Waals surface area contributed by atoms with Crippen LogP contribution >= 0.6 is 0 Å². The monoisotopic (exact) mass is 262 g/mol. The van der Waals surface area contributed by atoms with E-state index < -0.39 is 5.91 Å². The second-order valence-corrected chi connectivity index (χ2v) is 5.31. The van der Waals surface area contributed by atoms with Crippen LogP contribution in [-0.4, -0.2) is 23.7 Å². The van der Waals surface area contributed by atoms with E-state index in [0.717, 1.165) is 31.4 Å². The van der Waals surface area contributed by atoms with Crippen molar-refractivity contribution in [2.24, 2.45) is 11.7 Å². The number of aliphatic hydroxyl groups excluding tert-OH is 1. The Hall–Kier alpha value is -1.39. The molecule has 1 aromatic rings. The molecule has 0 spiro atoms. The molecular formula is C15H22N2O2. The average molecular weight is 262 g/mol. The van der Waals surface area contributed by atoms with E-state index in [2.05, 4.69) is 5.32 Å². The van der Waals surface area contributed by atoms with Gasteiger partial charge >= 0.3 is 0 Å². The molecule has 2 rings (SSSR count). The SMILES string of the molecule is NC(=O)c1cccc(CNCC2CCCCC2O)c1. The highest BCUT2D eigenvalue weighted by atomic mass is 16.3. The lowest BCUT2D eigenvalue weighted by molar-refractivity contribution is 0.0695. The van der Waals surface area contributed by atoms with Crippen molar-refractivity contribution in [3.63, 3.8) is 0 Å². The number of carbonyl (C=O) groups excluding carboxylic acids is 1. The van der Waals surface area contributed by atoms with Crippen LogP contribution in [0.15, 0.2) is 24.3 Å². The first kappa shape index (κ1) is 14.0. The first-order valence-electron chi connectivity index (χ1n) is 6.94. The van der Waals surface area contributed by atoms with Crippen molar-refractivity contribution < 1.29 is 9.90 Å².